The van der Waals surface area contributed by atoms with Crippen LogP contribution in [0, 0.1) is 0 Å². The largest absolute Gasteiger partial charge is 0.255 e. The van der Waals surface area contributed by atoms with Gasteiger partial charge in [-0.1, -0.05) is 76.6 Å². The van der Waals surface area contributed by atoms with E-state index in [9.17, 15) is 0 Å². The van der Waals surface area contributed by atoms with E-state index in [1.165, 1.54) is 16.7 Å². The summed E-state index contributed by atoms with van der Waals surface area (Å²) in [4.78, 5) is 9.24. The topological polar surface area (TPSA) is 25.8 Å². The molecule has 26 heavy (non-hydrogen) atoms. The summed E-state index contributed by atoms with van der Waals surface area (Å²) in [5.41, 5.74) is 7.64. The van der Waals surface area contributed by atoms with Crippen molar-refractivity contribution < 1.29 is 0 Å². The first-order valence-electron chi connectivity index (χ1n) is 8.48. The Morgan fingerprint density at radius 3 is 2.00 bits per heavy atom. The van der Waals surface area contributed by atoms with Crippen molar-refractivity contribution in [3.8, 4) is 33.6 Å². The highest BCUT2D eigenvalue weighted by molar-refractivity contribution is 9.08. The van der Waals surface area contributed by atoms with E-state index in [4.69, 9.17) is 0 Å². The van der Waals surface area contributed by atoms with E-state index in [1.54, 1.807) is 0 Å². The standard InChI is InChI=1S/C23H17BrN2/c24-16-21-20(18-9-5-2-6-10-18)12-14-26-23(21)22-15-19(11-13-25-22)17-7-3-1-4-8-17/h1-15H,16H2. The fourth-order valence-electron chi connectivity index (χ4n) is 3.11. The van der Waals surface area contributed by atoms with Crippen LogP contribution in [0.4, 0.5) is 0 Å². The predicted octanol–water partition coefficient (Wildman–Crippen LogP) is 6.37. The molecule has 4 rings (SSSR count). The quantitative estimate of drug-likeness (QED) is 0.371. The lowest BCUT2D eigenvalue weighted by atomic mass is 9.98. The number of halogens is 1. The number of benzene rings is 2. The van der Waals surface area contributed by atoms with E-state index >= 15 is 0 Å². The van der Waals surface area contributed by atoms with Crippen LogP contribution in [0.3, 0.4) is 0 Å². The van der Waals surface area contributed by atoms with Crippen molar-refractivity contribution in [3.63, 3.8) is 0 Å². The molecule has 0 aliphatic carbocycles. The first-order chi connectivity index (χ1) is 12.9. The fraction of sp³-hybridized carbons (Fsp3) is 0.0435. The van der Waals surface area contributed by atoms with Gasteiger partial charge in [0.05, 0.1) is 11.4 Å². The number of hydrogen-bond acceptors (Lipinski definition) is 2. The second-order valence-electron chi connectivity index (χ2n) is 5.98. The van der Waals surface area contributed by atoms with Crippen LogP contribution < -0.4 is 0 Å². The smallest absolute Gasteiger partial charge is 0.0932 e. The summed E-state index contributed by atoms with van der Waals surface area (Å²) in [6, 6.07) is 27.0. The molecule has 0 N–H and O–H groups in total. The van der Waals surface area contributed by atoms with Crippen LogP contribution in [0.15, 0.2) is 91.3 Å². The van der Waals surface area contributed by atoms with Crippen molar-refractivity contribution in [3.05, 3.63) is 96.8 Å². The van der Waals surface area contributed by atoms with E-state index < -0.39 is 0 Å². The second kappa shape index (κ2) is 7.63. The minimum atomic E-state index is 0.720. The van der Waals surface area contributed by atoms with E-state index in [1.807, 2.05) is 42.7 Å². The van der Waals surface area contributed by atoms with E-state index in [0.717, 1.165) is 27.8 Å². The van der Waals surface area contributed by atoms with Gasteiger partial charge >= 0.3 is 0 Å². The summed E-state index contributed by atoms with van der Waals surface area (Å²) in [5.74, 6) is 0. The van der Waals surface area contributed by atoms with Crippen LogP contribution in [-0.2, 0) is 5.33 Å². The normalized spacial score (nSPS) is 10.7. The van der Waals surface area contributed by atoms with Crippen molar-refractivity contribution in [1.82, 2.24) is 9.97 Å². The Balaban J connectivity index is 1.84. The van der Waals surface area contributed by atoms with Gasteiger partial charge in [-0.3, -0.25) is 9.97 Å². The summed E-state index contributed by atoms with van der Waals surface area (Å²) in [7, 11) is 0. The van der Waals surface area contributed by atoms with Crippen LogP contribution >= 0.6 is 15.9 Å². The van der Waals surface area contributed by atoms with Crippen molar-refractivity contribution in [2.24, 2.45) is 0 Å². The van der Waals surface area contributed by atoms with Crippen molar-refractivity contribution in [2.45, 2.75) is 5.33 Å². The van der Waals surface area contributed by atoms with Gasteiger partial charge < -0.3 is 0 Å². The molecule has 2 heterocycles. The molecule has 3 heteroatoms. The molecule has 2 aromatic heterocycles. The Morgan fingerprint density at radius 2 is 1.31 bits per heavy atom. The van der Waals surface area contributed by atoms with Gasteiger partial charge in [-0.25, -0.2) is 0 Å². The van der Waals surface area contributed by atoms with Gasteiger partial charge in [0.2, 0.25) is 0 Å². The van der Waals surface area contributed by atoms with Crippen LogP contribution in [0.2, 0.25) is 0 Å². The number of hydrogen-bond donors (Lipinski definition) is 0. The van der Waals surface area contributed by atoms with Crippen molar-refractivity contribution in [2.75, 3.05) is 0 Å². The van der Waals surface area contributed by atoms with Gasteiger partial charge in [0.15, 0.2) is 0 Å². The second-order valence-corrected chi connectivity index (χ2v) is 6.54. The third-order valence-electron chi connectivity index (χ3n) is 4.38. The Labute approximate surface area is 161 Å². The first-order valence-corrected chi connectivity index (χ1v) is 9.60. The van der Waals surface area contributed by atoms with E-state index in [-0.39, 0.29) is 0 Å². The lowest BCUT2D eigenvalue weighted by Crippen LogP contribution is -1.96. The highest BCUT2D eigenvalue weighted by atomic mass is 79.9. The minimum Gasteiger partial charge on any atom is -0.255 e. The Hall–Kier alpha value is -2.78. The molecule has 0 saturated carbocycles. The number of rotatable bonds is 4. The maximum absolute atomic E-state index is 4.65. The van der Waals surface area contributed by atoms with Gasteiger partial charge in [-0.15, -0.1) is 0 Å². The molecule has 4 aromatic rings. The fourth-order valence-corrected chi connectivity index (χ4v) is 3.67. The van der Waals surface area contributed by atoms with Crippen LogP contribution in [0.1, 0.15) is 5.56 Å². The maximum Gasteiger partial charge on any atom is 0.0932 e. The van der Waals surface area contributed by atoms with Gasteiger partial charge in [0.1, 0.15) is 0 Å². The number of alkyl halides is 1. The van der Waals surface area contributed by atoms with Crippen LogP contribution in [0.25, 0.3) is 33.6 Å². The molecule has 0 aliphatic rings. The average Bonchev–Trinajstić information content (AvgIpc) is 2.74. The minimum absolute atomic E-state index is 0.720. The SMILES string of the molecule is BrCc1c(-c2ccccc2)ccnc1-c1cc(-c2ccccc2)ccn1. The summed E-state index contributed by atoms with van der Waals surface area (Å²) in [6.07, 6.45) is 3.72. The molecule has 0 fully saturated rings. The molecule has 2 nitrogen and oxygen atoms in total. The Morgan fingerprint density at radius 1 is 0.654 bits per heavy atom. The first kappa shape index (κ1) is 16.7. The molecule has 0 radical (unpaired) electrons. The molecule has 2 aromatic carbocycles. The molecule has 0 spiro atoms. The molecule has 0 atom stereocenters. The molecular weight excluding hydrogens is 384 g/mol. The average molecular weight is 401 g/mol. The molecule has 0 saturated heterocycles. The zero-order valence-corrected chi connectivity index (χ0v) is 15.7. The molecule has 0 amide bonds. The molecule has 0 aliphatic heterocycles. The molecule has 0 unspecified atom stereocenters. The zero-order valence-electron chi connectivity index (χ0n) is 14.1. The van der Waals surface area contributed by atoms with Gasteiger partial charge in [0.25, 0.3) is 0 Å². The summed E-state index contributed by atoms with van der Waals surface area (Å²) in [5, 5.41) is 0.720. The summed E-state index contributed by atoms with van der Waals surface area (Å²) < 4.78 is 0. The monoisotopic (exact) mass is 400 g/mol. The molecule has 126 valence electrons. The Kier molecular flexibility index (Phi) is 4.89. The number of nitrogens with zero attached hydrogens (tertiary/aromatic N) is 2. The van der Waals surface area contributed by atoms with Crippen molar-refractivity contribution in [1.29, 1.82) is 0 Å². The third-order valence-corrected chi connectivity index (χ3v) is 4.94. The van der Waals surface area contributed by atoms with E-state index in [2.05, 4.69) is 74.4 Å². The van der Waals surface area contributed by atoms with Crippen LogP contribution in [0.5, 0.6) is 0 Å². The zero-order chi connectivity index (χ0) is 17.8. The van der Waals surface area contributed by atoms with Crippen molar-refractivity contribution >= 4 is 15.9 Å². The van der Waals surface area contributed by atoms with Gasteiger partial charge in [-0.2, -0.15) is 0 Å². The van der Waals surface area contributed by atoms with Gasteiger partial charge in [0, 0.05) is 17.7 Å². The Bertz CT molecular complexity index is 1010. The summed E-state index contributed by atoms with van der Waals surface area (Å²) in [6.45, 7) is 0. The lowest BCUT2D eigenvalue weighted by Gasteiger charge is -2.13. The molecule has 0 bridgehead atoms. The predicted molar refractivity (Wildman–Crippen MR) is 111 cm³/mol. The highest BCUT2D eigenvalue weighted by Crippen LogP contribution is 2.32. The number of aromatic nitrogens is 2. The summed E-state index contributed by atoms with van der Waals surface area (Å²) >= 11 is 3.65. The van der Waals surface area contributed by atoms with E-state index in [0.29, 0.717) is 0 Å². The van der Waals surface area contributed by atoms with Gasteiger partial charge in [-0.05, 0) is 46.0 Å². The molecular formula is C23H17BrN2. The maximum atomic E-state index is 4.65. The highest BCUT2D eigenvalue weighted by Gasteiger charge is 2.13. The van der Waals surface area contributed by atoms with Crippen LogP contribution in [-0.4, -0.2) is 9.97 Å². The lowest BCUT2D eigenvalue weighted by molar-refractivity contribution is 1.21. The number of pyridine rings is 2. The third kappa shape index (κ3) is 3.31.